The summed E-state index contributed by atoms with van der Waals surface area (Å²) in [4.78, 5) is 26.1. The first-order valence-corrected chi connectivity index (χ1v) is 8.57. The number of esters is 1. The second kappa shape index (κ2) is 6.33. The zero-order chi connectivity index (χ0) is 18.3. The summed E-state index contributed by atoms with van der Waals surface area (Å²) in [5.41, 5.74) is 3.24. The molecule has 0 radical (unpaired) electrons. The zero-order valence-electron chi connectivity index (χ0n) is 14.7. The third-order valence-electron chi connectivity index (χ3n) is 4.71. The van der Waals surface area contributed by atoms with Crippen molar-refractivity contribution in [3.63, 3.8) is 0 Å². The van der Waals surface area contributed by atoms with Crippen molar-refractivity contribution in [2.75, 3.05) is 19.1 Å². The van der Waals surface area contributed by atoms with E-state index in [4.69, 9.17) is 9.47 Å². The van der Waals surface area contributed by atoms with Gasteiger partial charge in [-0.2, -0.15) is 0 Å². The molecule has 2 aromatic carbocycles. The Morgan fingerprint density at radius 3 is 2.65 bits per heavy atom. The van der Waals surface area contributed by atoms with Gasteiger partial charge in [0.25, 0.3) is 5.91 Å². The molecule has 0 unspecified atom stereocenters. The van der Waals surface area contributed by atoms with Crippen LogP contribution >= 0.6 is 0 Å². The fraction of sp³-hybridized carbons (Fsp3) is 0.238. The number of hydrogen-bond acceptors (Lipinski definition) is 4. The molecule has 5 heteroatoms. The Morgan fingerprint density at radius 1 is 1.15 bits per heavy atom. The molecule has 1 saturated carbocycles. The van der Waals surface area contributed by atoms with Crippen molar-refractivity contribution in [1.29, 1.82) is 0 Å². The number of carbonyl (C=O) groups is 2. The van der Waals surface area contributed by atoms with Gasteiger partial charge in [0.2, 0.25) is 0 Å². The van der Waals surface area contributed by atoms with E-state index in [0.717, 1.165) is 29.7 Å². The number of carbonyl (C=O) groups excluding carboxylic acids is 2. The molecule has 132 valence electrons. The van der Waals surface area contributed by atoms with Crippen molar-refractivity contribution < 1.29 is 19.1 Å². The second-order valence-electron chi connectivity index (χ2n) is 6.54. The largest absolute Gasteiger partial charge is 0.493 e. The van der Waals surface area contributed by atoms with Gasteiger partial charge in [0.15, 0.2) is 11.5 Å². The highest BCUT2D eigenvalue weighted by atomic mass is 16.6. The lowest BCUT2D eigenvalue weighted by molar-refractivity contribution is -0.135. The number of anilines is 1. The minimum absolute atomic E-state index is 0.0182. The SMILES string of the molecule is COc1cc(/C=C2\C(=O)N(C)c3ccccc32)ccc1OC(=O)C1CC1. The second-order valence-corrected chi connectivity index (χ2v) is 6.54. The van der Waals surface area contributed by atoms with E-state index < -0.39 is 0 Å². The van der Waals surface area contributed by atoms with Gasteiger partial charge < -0.3 is 14.4 Å². The first-order valence-electron chi connectivity index (χ1n) is 8.57. The van der Waals surface area contributed by atoms with Gasteiger partial charge in [-0.15, -0.1) is 0 Å². The van der Waals surface area contributed by atoms with Gasteiger partial charge in [-0.1, -0.05) is 24.3 Å². The van der Waals surface area contributed by atoms with Crippen molar-refractivity contribution in [3.8, 4) is 11.5 Å². The highest BCUT2D eigenvalue weighted by molar-refractivity contribution is 6.35. The van der Waals surface area contributed by atoms with Crippen LogP contribution in [0.5, 0.6) is 11.5 Å². The summed E-state index contributed by atoms with van der Waals surface area (Å²) in [5, 5.41) is 0. The number of ether oxygens (including phenoxy) is 2. The average molecular weight is 349 g/mol. The molecule has 1 aliphatic heterocycles. The summed E-state index contributed by atoms with van der Waals surface area (Å²) >= 11 is 0. The summed E-state index contributed by atoms with van der Waals surface area (Å²) in [6, 6.07) is 13.0. The van der Waals surface area contributed by atoms with E-state index in [1.807, 2.05) is 36.4 Å². The van der Waals surface area contributed by atoms with E-state index in [9.17, 15) is 9.59 Å². The lowest BCUT2D eigenvalue weighted by Gasteiger charge is -2.10. The Kier molecular flexibility index (Phi) is 3.99. The average Bonchev–Trinajstić information content (AvgIpc) is 3.48. The van der Waals surface area contributed by atoms with Gasteiger partial charge in [-0.25, -0.2) is 0 Å². The molecule has 0 bridgehead atoms. The molecule has 26 heavy (non-hydrogen) atoms. The van der Waals surface area contributed by atoms with Crippen molar-refractivity contribution in [3.05, 3.63) is 53.6 Å². The van der Waals surface area contributed by atoms with Crippen LogP contribution in [0.2, 0.25) is 0 Å². The predicted molar refractivity (Wildman–Crippen MR) is 99.1 cm³/mol. The van der Waals surface area contributed by atoms with Crippen LogP contribution in [0.1, 0.15) is 24.0 Å². The van der Waals surface area contributed by atoms with Crippen LogP contribution in [0.3, 0.4) is 0 Å². The quantitative estimate of drug-likeness (QED) is 0.481. The van der Waals surface area contributed by atoms with Gasteiger partial charge in [-0.3, -0.25) is 9.59 Å². The first-order chi connectivity index (χ1) is 12.6. The van der Waals surface area contributed by atoms with E-state index >= 15 is 0 Å². The molecule has 5 nitrogen and oxygen atoms in total. The molecule has 1 aliphatic carbocycles. The van der Waals surface area contributed by atoms with E-state index in [1.54, 1.807) is 24.1 Å². The van der Waals surface area contributed by atoms with E-state index in [2.05, 4.69) is 0 Å². The Morgan fingerprint density at radius 2 is 1.92 bits per heavy atom. The van der Waals surface area contributed by atoms with Crippen LogP contribution in [0.15, 0.2) is 42.5 Å². The maximum Gasteiger partial charge on any atom is 0.314 e. The van der Waals surface area contributed by atoms with E-state index in [1.165, 1.54) is 7.11 Å². The molecule has 1 amide bonds. The zero-order valence-corrected chi connectivity index (χ0v) is 14.7. The van der Waals surface area contributed by atoms with Crippen molar-refractivity contribution in [2.24, 2.45) is 5.92 Å². The molecule has 0 saturated heterocycles. The van der Waals surface area contributed by atoms with Crippen LogP contribution in [0.4, 0.5) is 5.69 Å². The van der Waals surface area contributed by atoms with Crippen LogP contribution < -0.4 is 14.4 Å². The lowest BCUT2D eigenvalue weighted by Crippen LogP contribution is -2.20. The summed E-state index contributed by atoms with van der Waals surface area (Å²) in [5.74, 6) is 0.636. The minimum Gasteiger partial charge on any atom is -0.493 e. The Labute approximate surface area is 151 Å². The summed E-state index contributed by atoms with van der Waals surface area (Å²) in [6.45, 7) is 0. The lowest BCUT2D eigenvalue weighted by atomic mass is 10.0. The van der Waals surface area contributed by atoms with Crippen LogP contribution in [0.25, 0.3) is 11.6 Å². The van der Waals surface area contributed by atoms with Gasteiger partial charge >= 0.3 is 5.97 Å². The molecular weight excluding hydrogens is 330 g/mol. The number of nitrogens with zero attached hydrogens (tertiary/aromatic N) is 1. The number of benzene rings is 2. The summed E-state index contributed by atoms with van der Waals surface area (Å²) in [6.07, 6.45) is 3.61. The van der Waals surface area contributed by atoms with E-state index in [0.29, 0.717) is 17.1 Å². The number of fused-ring (bicyclic) bond motifs is 1. The fourth-order valence-electron chi connectivity index (χ4n) is 3.07. The molecule has 0 spiro atoms. The van der Waals surface area contributed by atoms with Crippen LogP contribution in [-0.4, -0.2) is 26.0 Å². The number of methoxy groups -OCH3 is 1. The van der Waals surface area contributed by atoms with Gasteiger partial charge in [0.1, 0.15) is 0 Å². The summed E-state index contributed by atoms with van der Waals surface area (Å²) in [7, 11) is 3.30. The smallest absolute Gasteiger partial charge is 0.314 e. The fourth-order valence-corrected chi connectivity index (χ4v) is 3.07. The third-order valence-corrected chi connectivity index (χ3v) is 4.71. The third kappa shape index (κ3) is 2.86. The van der Waals surface area contributed by atoms with Crippen LogP contribution in [-0.2, 0) is 9.59 Å². The predicted octanol–water partition coefficient (Wildman–Crippen LogP) is 3.53. The molecule has 2 aliphatic rings. The Bertz CT molecular complexity index is 927. The molecule has 2 aromatic rings. The van der Waals surface area contributed by atoms with Crippen molar-refractivity contribution >= 4 is 29.2 Å². The highest BCUT2D eigenvalue weighted by Crippen LogP contribution is 2.38. The Balaban J connectivity index is 1.67. The standard InChI is InChI=1S/C21H19NO4/c1-22-17-6-4-3-5-15(17)16(20(22)23)11-13-7-10-18(19(12-13)25-2)26-21(24)14-8-9-14/h3-7,10-12,14H,8-9H2,1-2H3/b16-11-. The molecule has 0 N–H and O–H groups in total. The molecule has 1 heterocycles. The summed E-state index contributed by atoms with van der Waals surface area (Å²) < 4.78 is 10.8. The maximum absolute atomic E-state index is 12.6. The molecule has 0 aromatic heterocycles. The number of hydrogen-bond donors (Lipinski definition) is 0. The first kappa shape index (κ1) is 16.4. The molecule has 4 rings (SSSR count). The molecular formula is C21H19NO4. The Hall–Kier alpha value is -3.08. The topological polar surface area (TPSA) is 55.8 Å². The number of amides is 1. The normalized spacial score (nSPS) is 17.4. The monoisotopic (exact) mass is 349 g/mol. The highest BCUT2D eigenvalue weighted by Gasteiger charge is 2.32. The molecule has 1 fully saturated rings. The van der Waals surface area contributed by atoms with Gasteiger partial charge in [0.05, 0.1) is 18.7 Å². The molecule has 0 atom stereocenters. The van der Waals surface area contributed by atoms with Gasteiger partial charge in [0, 0.05) is 18.2 Å². The van der Waals surface area contributed by atoms with Crippen molar-refractivity contribution in [2.45, 2.75) is 12.8 Å². The number of para-hydroxylation sites is 1. The maximum atomic E-state index is 12.6. The van der Waals surface area contributed by atoms with Crippen LogP contribution in [0, 0.1) is 5.92 Å². The van der Waals surface area contributed by atoms with E-state index in [-0.39, 0.29) is 17.8 Å². The number of likely N-dealkylation sites (N-methyl/N-ethyl adjacent to an activating group) is 1. The number of rotatable bonds is 4. The minimum atomic E-state index is -0.212. The van der Waals surface area contributed by atoms with Gasteiger partial charge in [-0.05, 0) is 42.7 Å². The van der Waals surface area contributed by atoms with Crippen molar-refractivity contribution in [1.82, 2.24) is 0 Å².